The zero-order valence-electron chi connectivity index (χ0n) is 14.4. The summed E-state index contributed by atoms with van der Waals surface area (Å²) in [6, 6.07) is 8.92. The highest BCUT2D eigenvalue weighted by atomic mass is 16.5. The number of hydrogen-bond donors (Lipinski definition) is 0. The predicted octanol–water partition coefficient (Wildman–Crippen LogP) is 4.05. The molecule has 1 amide bonds. The second kappa shape index (κ2) is 5.76. The molecular formula is C20H24N2O2. The van der Waals surface area contributed by atoms with E-state index in [0.29, 0.717) is 17.2 Å². The minimum atomic E-state index is 0.0565. The molecule has 4 nitrogen and oxygen atoms in total. The largest absolute Gasteiger partial charge is 0.361 e. The molecule has 1 aromatic heterocycles. The van der Waals surface area contributed by atoms with E-state index in [1.165, 1.54) is 24.0 Å². The van der Waals surface area contributed by atoms with Crippen LogP contribution < -0.4 is 0 Å². The molecule has 2 heterocycles. The molecule has 24 heavy (non-hydrogen) atoms. The lowest BCUT2D eigenvalue weighted by molar-refractivity contribution is 0.0647. The van der Waals surface area contributed by atoms with Crippen LogP contribution >= 0.6 is 0 Å². The maximum atomic E-state index is 12.7. The third-order valence-electron chi connectivity index (χ3n) is 6.11. The molecule has 1 atom stereocenters. The summed E-state index contributed by atoms with van der Waals surface area (Å²) in [5, 5.41) is 3.74. The number of benzene rings is 1. The Kier molecular flexibility index (Phi) is 3.70. The maximum absolute atomic E-state index is 12.7. The first-order valence-electron chi connectivity index (χ1n) is 8.91. The van der Waals surface area contributed by atoms with Crippen LogP contribution in [0.3, 0.4) is 0 Å². The molecule has 2 aliphatic rings. The zero-order chi connectivity index (χ0) is 16.7. The third kappa shape index (κ3) is 2.36. The fourth-order valence-corrected chi connectivity index (χ4v) is 4.52. The van der Waals surface area contributed by atoms with Gasteiger partial charge in [0.25, 0.3) is 5.91 Å². The minimum absolute atomic E-state index is 0.0565. The fraction of sp³-hybridized carbons (Fsp3) is 0.500. The molecule has 4 heteroatoms. The summed E-state index contributed by atoms with van der Waals surface area (Å²) in [7, 11) is 0. The summed E-state index contributed by atoms with van der Waals surface area (Å²) in [5.74, 6) is 1.31. The van der Waals surface area contributed by atoms with Crippen LogP contribution in [0.5, 0.6) is 0 Å². The van der Waals surface area contributed by atoms with Crippen molar-refractivity contribution in [2.75, 3.05) is 13.1 Å². The van der Waals surface area contributed by atoms with E-state index in [-0.39, 0.29) is 11.3 Å². The molecule has 2 aromatic rings. The molecular weight excluding hydrogens is 300 g/mol. The molecule has 1 unspecified atom stereocenters. The Labute approximate surface area is 142 Å². The number of aryl methyl sites for hydroxylation is 1. The van der Waals surface area contributed by atoms with Gasteiger partial charge in [-0.2, -0.15) is 0 Å². The van der Waals surface area contributed by atoms with Gasteiger partial charge in [-0.15, -0.1) is 0 Å². The Morgan fingerprint density at radius 3 is 2.71 bits per heavy atom. The highest BCUT2D eigenvalue weighted by Crippen LogP contribution is 2.48. The summed E-state index contributed by atoms with van der Waals surface area (Å²) in [4.78, 5) is 14.6. The predicted molar refractivity (Wildman–Crippen MR) is 92.1 cm³/mol. The van der Waals surface area contributed by atoms with Gasteiger partial charge in [0, 0.05) is 13.1 Å². The van der Waals surface area contributed by atoms with Crippen LogP contribution in [0.4, 0.5) is 0 Å². The molecule has 126 valence electrons. The average Bonchev–Trinajstić information content (AvgIpc) is 3.05. The molecule has 0 bridgehead atoms. The number of aromatic nitrogens is 1. The zero-order valence-corrected chi connectivity index (χ0v) is 14.4. The number of likely N-dealkylation sites (tertiary alicyclic amines) is 1. The van der Waals surface area contributed by atoms with Gasteiger partial charge in [-0.25, -0.2) is 0 Å². The van der Waals surface area contributed by atoms with Gasteiger partial charge in [0.15, 0.2) is 0 Å². The standard InChI is InChI=1S/C20H24N2O2/c1-14-7-8-20(18-6-4-3-5-16(14)18)9-11-22(12-10-20)19(23)17-13-21-24-15(17)2/h3-6,13-14H,7-12H2,1-2H3. The van der Waals surface area contributed by atoms with Crippen molar-refractivity contribution in [1.82, 2.24) is 10.1 Å². The Bertz CT molecular complexity index is 757. The summed E-state index contributed by atoms with van der Waals surface area (Å²) in [6.45, 7) is 5.75. The van der Waals surface area contributed by atoms with Crippen molar-refractivity contribution in [3.05, 3.63) is 52.9 Å². The summed E-state index contributed by atoms with van der Waals surface area (Å²) < 4.78 is 5.05. The van der Waals surface area contributed by atoms with Crippen molar-refractivity contribution in [3.8, 4) is 0 Å². The number of nitrogens with zero attached hydrogens (tertiary/aromatic N) is 2. The lowest BCUT2D eigenvalue weighted by Crippen LogP contribution is -2.46. The van der Waals surface area contributed by atoms with E-state index in [9.17, 15) is 4.79 Å². The van der Waals surface area contributed by atoms with Gasteiger partial charge in [0.05, 0.1) is 6.20 Å². The first kappa shape index (κ1) is 15.4. The van der Waals surface area contributed by atoms with Gasteiger partial charge < -0.3 is 9.42 Å². The number of carbonyl (C=O) groups is 1. The summed E-state index contributed by atoms with van der Waals surface area (Å²) >= 11 is 0. The Morgan fingerprint density at radius 2 is 2.00 bits per heavy atom. The fourth-order valence-electron chi connectivity index (χ4n) is 4.52. The normalized spacial score (nSPS) is 22.4. The molecule has 1 saturated heterocycles. The van der Waals surface area contributed by atoms with Crippen LogP contribution in [0.25, 0.3) is 0 Å². The molecule has 1 spiro atoms. The van der Waals surface area contributed by atoms with Crippen LogP contribution in [0.2, 0.25) is 0 Å². The van der Waals surface area contributed by atoms with E-state index in [2.05, 4.69) is 36.3 Å². The van der Waals surface area contributed by atoms with Gasteiger partial charge in [-0.05, 0) is 55.1 Å². The second-order valence-corrected chi connectivity index (χ2v) is 7.40. The van der Waals surface area contributed by atoms with Crippen molar-refractivity contribution in [3.63, 3.8) is 0 Å². The Balaban J connectivity index is 1.55. The number of amides is 1. The van der Waals surface area contributed by atoms with E-state index in [4.69, 9.17) is 4.52 Å². The van der Waals surface area contributed by atoms with E-state index in [1.54, 1.807) is 13.1 Å². The van der Waals surface area contributed by atoms with Crippen molar-refractivity contribution in [1.29, 1.82) is 0 Å². The first-order valence-corrected chi connectivity index (χ1v) is 8.91. The third-order valence-corrected chi connectivity index (χ3v) is 6.11. The summed E-state index contributed by atoms with van der Waals surface area (Å²) in [5.41, 5.74) is 3.89. The highest BCUT2D eigenvalue weighted by molar-refractivity contribution is 5.94. The van der Waals surface area contributed by atoms with Crippen LogP contribution in [-0.2, 0) is 5.41 Å². The van der Waals surface area contributed by atoms with E-state index < -0.39 is 0 Å². The van der Waals surface area contributed by atoms with Crippen LogP contribution in [0.1, 0.15) is 65.8 Å². The van der Waals surface area contributed by atoms with Gasteiger partial charge in [0.1, 0.15) is 11.3 Å². The first-order chi connectivity index (χ1) is 11.6. The van der Waals surface area contributed by atoms with Crippen molar-refractivity contribution < 1.29 is 9.32 Å². The lowest BCUT2D eigenvalue weighted by Gasteiger charge is -2.46. The summed E-state index contributed by atoms with van der Waals surface area (Å²) in [6.07, 6.45) is 6.12. The quantitative estimate of drug-likeness (QED) is 0.795. The van der Waals surface area contributed by atoms with Crippen LogP contribution in [-0.4, -0.2) is 29.1 Å². The van der Waals surface area contributed by atoms with E-state index in [1.807, 2.05) is 4.90 Å². The molecule has 1 aliphatic carbocycles. The molecule has 1 aromatic carbocycles. The SMILES string of the molecule is Cc1oncc1C(=O)N1CCC2(CCC(C)c3ccccc32)CC1. The van der Waals surface area contributed by atoms with Gasteiger partial charge in [-0.1, -0.05) is 36.3 Å². The van der Waals surface area contributed by atoms with E-state index in [0.717, 1.165) is 25.9 Å². The molecule has 1 fully saturated rings. The van der Waals surface area contributed by atoms with E-state index >= 15 is 0 Å². The Hall–Kier alpha value is -2.10. The topological polar surface area (TPSA) is 46.3 Å². The lowest BCUT2D eigenvalue weighted by atomic mass is 9.62. The number of carbonyl (C=O) groups excluding carboxylic acids is 1. The van der Waals surface area contributed by atoms with Crippen LogP contribution in [0, 0.1) is 6.92 Å². The van der Waals surface area contributed by atoms with Gasteiger partial charge in [-0.3, -0.25) is 4.79 Å². The molecule has 0 N–H and O–H groups in total. The Morgan fingerprint density at radius 1 is 1.25 bits per heavy atom. The van der Waals surface area contributed by atoms with Crippen LogP contribution in [0.15, 0.2) is 35.0 Å². The molecule has 1 aliphatic heterocycles. The second-order valence-electron chi connectivity index (χ2n) is 7.40. The van der Waals surface area contributed by atoms with Gasteiger partial charge in [0.2, 0.25) is 0 Å². The molecule has 4 rings (SSSR count). The molecule has 0 radical (unpaired) electrons. The van der Waals surface area contributed by atoms with Crippen molar-refractivity contribution >= 4 is 5.91 Å². The van der Waals surface area contributed by atoms with Crippen molar-refractivity contribution in [2.45, 2.75) is 50.9 Å². The minimum Gasteiger partial charge on any atom is -0.361 e. The average molecular weight is 324 g/mol. The number of hydrogen-bond acceptors (Lipinski definition) is 3. The number of rotatable bonds is 1. The van der Waals surface area contributed by atoms with Crippen molar-refractivity contribution in [2.24, 2.45) is 0 Å². The number of fused-ring (bicyclic) bond motifs is 2. The maximum Gasteiger partial charge on any atom is 0.259 e. The highest BCUT2D eigenvalue weighted by Gasteiger charge is 2.41. The van der Waals surface area contributed by atoms with Gasteiger partial charge >= 0.3 is 0 Å². The smallest absolute Gasteiger partial charge is 0.259 e. The number of piperidine rings is 1. The molecule has 0 saturated carbocycles. The monoisotopic (exact) mass is 324 g/mol.